The van der Waals surface area contributed by atoms with Gasteiger partial charge in [0.15, 0.2) is 0 Å². The monoisotopic (exact) mass is 354 g/mol. The predicted molar refractivity (Wildman–Crippen MR) is 100 cm³/mol. The van der Waals surface area contributed by atoms with E-state index < -0.39 is 10.0 Å². The Labute approximate surface area is 148 Å². The van der Waals surface area contributed by atoms with Gasteiger partial charge in [0.25, 0.3) is 0 Å². The molecule has 0 saturated carbocycles. The van der Waals surface area contributed by atoms with Gasteiger partial charge in [0.2, 0.25) is 10.0 Å². The van der Waals surface area contributed by atoms with Crippen LogP contribution in [-0.2, 0) is 10.0 Å². The van der Waals surface area contributed by atoms with Gasteiger partial charge in [-0.1, -0.05) is 35.9 Å². The third kappa shape index (κ3) is 2.87. The van der Waals surface area contributed by atoms with Gasteiger partial charge < -0.3 is 4.98 Å². The number of aryl methyl sites for hydroxylation is 2. The van der Waals surface area contributed by atoms with Crippen molar-refractivity contribution >= 4 is 20.9 Å². The fourth-order valence-corrected chi connectivity index (χ4v) is 5.45. The van der Waals surface area contributed by atoms with E-state index >= 15 is 0 Å². The van der Waals surface area contributed by atoms with Crippen LogP contribution in [-0.4, -0.2) is 30.8 Å². The van der Waals surface area contributed by atoms with E-state index in [1.807, 2.05) is 38.1 Å². The smallest absolute Gasteiger partial charge is 0.243 e. The van der Waals surface area contributed by atoms with Crippen LogP contribution in [0.4, 0.5) is 0 Å². The van der Waals surface area contributed by atoms with Crippen LogP contribution in [0.15, 0.2) is 53.4 Å². The van der Waals surface area contributed by atoms with Crippen molar-refractivity contribution in [1.29, 1.82) is 0 Å². The molecule has 4 nitrogen and oxygen atoms in total. The van der Waals surface area contributed by atoms with E-state index in [1.54, 1.807) is 10.4 Å². The molecule has 0 spiro atoms. The number of fused-ring (bicyclic) bond motifs is 1. The van der Waals surface area contributed by atoms with Crippen molar-refractivity contribution in [3.8, 4) is 0 Å². The van der Waals surface area contributed by atoms with Gasteiger partial charge in [0.05, 0.1) is 4.90 Å². The van der Waals surface area contributed by atoms with E-state index in [0.717, 1.165) is 28.8 Å². The molecule has 1 aromatic heterocycles. The van der Waals surface area contributed by atoms with E-state index in [-0.39, 0.29) is 5.92 Å². The standard InChI is InChI=1S/C20H22N2O2S/c1-14-7-8-20(15(2)11-14)25(23,24)22-10-9-17(13-22)19-12-16-5-3-4-6-18(16)21-19/h3-8,11-12,17,21H,9-10,13H2,1-2H3. The molecule has 0 amide bonds. The average molecular weight is 354 g/mol. The van der Waals surface area contributed by atoms with Gasteiger partial charge in [-0.25, -0.2) is 8.42 Å². The fourth-order valence-electron chi connectivity index (χ4n) is 3.74. The molecule has 1 N–H and O–H groups in total. The Bertz CT molecular complexity index is 1000. The van der Waals surface area contributed by atoms with Gasteiger partial charge >= 0.3 is 0 Å². The van der Waals surface area contributed by atoms with Gasteiger partial charge in [-0.05, 0) is 49.4 Å². The molecule has 25 heavy (non-hydrogen) atoms. The lowest BCUT2D eigenvalue weighted by Gasteiger charge is -2.18. The molecule has 0 bridgehead atoms. The summed E-state index contributed by atoms with van der Waals surface area (Å²) in [6.45, 7) is 4.94. The highest BCUT2D eigenvalue weighted by Crippen LogP contribution is 2.33. The third-order valence-electron chi connectivity index (χ3n) is 5.09. The Morgan fingerprint density at radius 2 is 1.88 bits per heavy atom. The molecule has 0 radical (unpaired) electrons. The molecule has 1 fully saturated rings. The van der Waals surface area contributed by atoms with Crippen molar-refractivity contribution in [3.05, 3.63) is 65.4 Å². The maximum atomic E-state index is 13.0. The number of hydrogen-bond acceptors (Lipinski definition) is 2. The molecule has 3 aromatic rings. The first-order valence-electron chi connectivity index (χ1n) is 8.60. The van der Waals surface area contributed by atoms with Crippen LogP contribution in [0.1, 0.15) is 29.2 Å². The molecule has 1 unspecified atom stereocenters. The van der Waals surface area contributed by atoms with E-state index in [0.29, 0.717) is 18.0 Å². The lowest BCUT2D eigenvalue weighted by Crippen LogP contribution is -2.29. The molecule has 2 aromatic carbocycles. The Balaban J connectivity index is 1.61. The molecule has 0 aliphatic carbocycles. The Morgan fingerprint density at radius 1 is 1.08 bits per heavy atom. The quantitative estimate of drug-likeness (QED) is 0.774. The van der Waals surface area contributed by atoms with Crippen LogP contribution >= 0.6 is 0 Å². The van der Waals surface area contributed by atoms with Crippen molar-refractivity contribution in [1.82, 2.24) is 9.29 Å². The van der Waals surface area contributed by atoms with E-state index in [9.17, 15) is 8.42 Å². The Morgan fingerprint density at radius 3 is 2.64 bits per heavy atom. The average Bonchev–Trinajstić information content (AvgIpc) is 3.21. The van der Waals surface area contributed by atoms with Gasteiger partial charge in [-0.3, -0.25) is 0 Å². The molecule has 1 aliphatic rings. The zero-order valence-corrected chi connectivity index (χ0v) is 15.3. The number of H-pyrrole nitrogens is 1. The van der Waals surface area contributed by atoms with Crippen LogP contribution in [0, 0.1) is 13.8 Å². The van der Waals surface area contributed by atoms with Crippen LogP contribution < -0.4 is 0 Å². The van der Waals surface area contributed by atoms with Gasteiger partial charge in [0, 0.05) is 30.2 Å². The SMILES string of the molecule is Cc1ccc(S(=O)(=O)N2CCC(c3cc4ccccc4[nH]3)C2)c(C)c1. The largest absolute Gasteiger partial charge is 0.358 e. The first-order chi connectivity index (χ1) is 11.9. The third-order valence-corrected chi connectivity index (χ3v) is 7.12. The van der Waals surface area contributed by atoms with Gasteiger partial charge in [0.1, 0.15) is 0 Å². The number of nitrogens with zero attached hydrogens (tertiary/aromatic N) is 1. The zero-order chi connectivity index (χ0) is 17.6. The minimum absolute atomic E-state index is 0.216. The molecule has 130 valence electrons. The molecule has 5 heteroatoms. The summed E-state index contributed by atoms with van der Waals surface area (Å²) in [5, 5.41) is 1.17. The predicted octanol–water partition coefficient (Wildman–Crippen LogP) is 3.96. The molecule has 1 atom stereocenters. The number of para-hydroxylation sites is 1. The number of aromatic nitrogens is 1. The van der Waals surface area contributed by atoms with Crippen LogP contribution in [0.3, 0.4) is 0 Å². The Hall–Kier alpha value is -2.11. The molecule has 2 heterocycles. The number of nitrogens with one attached hydrogen (secondary N) is 1. The normalized spacial score (nSPS) is 18.9. The highest BCUT2D eigenvalue weighted by molar-refractivity contribution is 7.89. The second-order valence-corrected chi connectivity index (χ2v) is 8.84. The van der Waals surface area contributed by atoms with Crippen molar-refractivity contribution in [2.75, 3.05) is 13.1 Å². The minimum atomic E-state index is -3.44. The van der Waals surface area contributed by atoms with Crippen molar-refractivity contribution in [3.63, 3.8) is 0 Å². The van der Waals surface area contributed by atoms with Crippen LogP contribution in [0.2, 0.25) is 0 Å². The maximum Gasteiger partial charge on any atom is 0.243 e. The second kappa shape index (κ2) is 6.00. The summed E-state index contributed by atoms with van der Waals surface area (Å²) >= 11 is 0. The fraction of sp³-hybridized carbons (Fsp3) is 0.300. The van der Waals surface area contributed by atoms with Crippen LogP contribution in [0.25, 0.3) is 10.9 Å². The molecular formula is C20H22N2O2S. The number of rotatable bonds is 3. The second-order valence-electron chi connectivity index (χ2n) is 6.93. The maximum absolute atomic E-state index is 13.0. The highest BCUT2D eigenvalue weighted by atomic mass is 32.2. The van der Waals surface area contributed by atoms with E-state index in [1.165, 1.54) is 5.39 Å². The topological polar surface area (TPSA) is 53.2 Å². The number of benzene rings is 2. The molecule has 4 rings (SSSR count). The molecule has 1 saturated heterocycles. The molecular weight excluding hydrogens is 332 g/mol. The van der Waals surface area contributed by atoms with E-state index in [4.69, 9.17) is 0 Å². The Kier molecular flexibility index (Phi) is 3.93. The summed E-state index contributed by atoms with van der Waals surface area (Å²) in [7, 11) is -3.44. The summed E-state index contributed by atoms with van der Waals surface area (Å²) in [5.41, 5.74) is 4.12. The number of hydrogen-bond donors (Lipinski definition) is 1. The van der Waals surface area contributed by atoms with Gasteiger partial charge in [-0.15, -0.1) is 0 Å². The first-order valence-corrected chi connectivity index (χ1v) is 10.0. The molecule has 1 aliphatic heterocycles. The number of sulfonamides is 1. The lowest BCUT2D eigenvalue weighted by atomic mass is 10.1. The highest BCUT2D eigenvalue weighted by Gasteiger charge is 2.34. The number of aromatic amines is 1. The summed E-state index contributed by atoms with van der Waals surface area (Å²) in [4.78, 5) is 3.87. The zero-order valence-electron chi connectivity index (χ0n) is 14.5. The van der Waals surface area contributed by atoms with E-state index in [2.05, 4.69) is 23.2 Å². The summed E-state index contributed by atoms with van der Waals surface area (Å²) in [6, 6.07) is 15.8. The van der Waals surface area contributed by atoms with Crippen LogP contribution in [0.5, 0.6) is 0 Å². The van der Waals surface area contributed by atoms with Crippen molar-refractivity contribution in [2.45, 2.75) is 31.1 Å². The van der Waals surface area contributed by atoms with Crippen molar-refractivity contribution in [2.24, 2.45) is 0 Å². The summed E-state index contributed by atoms with van der Waals surface area (Å²) in [6.07, 6.45) is 0.844. The van der Waals surface area contributed by atoms with Gasteiger partial charge in [-0.2, -0.15) is 4.31 Å². The van der Waals surface area contributed by atoms with Crippen molar-refractivity contribution < 1.29 is 8.42 Å². The first kappa shape index (κ1) is 16.4. The summed E-state index contributed by atoms with van der Waals surface area (Å²) < 4.78 is 27.7. The lowest BCUT2D eigenvalue weighted by molar-refractivity contribution is 0.472. The summed E-state index contributed by atoms with van der Waals surface area (Å²) in [5.74, 6) is 0.216. The minimum Gasteiger partial charge on any atom is -0.358 e.